The number of carbonyl (C=O) groups excluding carboxylic acids is 1. The van der Waals surface area contributed by atoms with Crippen LogP contribution in [0.2, 0.25) is 0 Å². The van der Waals surface area contributed by atoms with Crippen molar-refractivity contribution >= 4 is 27.3 Å². The molecule has 0 radical (unpaired) electrons. The van der Waals surface area contributed by atoms with Crippen LogP contribution in [0.5, 0.6) is 5.75 Å². The van der Waals surface area contributed by atoms with Gasteiger partial charge in [-0.25, -0.2) is 4.21 Å². The maximum Gasteiger partial charge on any atom is 0.291 e. The monoisotopic (exact) mass is 315 g/mol. The highest BCUT2D eigenvalue weighted by Crippen LogP contribution is 2.34. The summed E-state index contributed by atoms with van der Waals surface area (Å²) in [5.74, 6) is -0.586. The molecule has 2 aromatic carbocycles. The van der Waals surface area contributed by atoms with Crippen molar-refractivity contribution in [3.8, 4) is 5.75 Å². The quantitative estimate of drug-likeness (QED) is 0.893. The number of aliphatic hydroxyl groups is 1. The number of nitrogens with one attached hydrogen (secondary N) is 1. The number of para-hydroxylation sites is 1. The minimum absolute atomic E-state index is 0.0881. The van der Waals surface area contributed by atoms with Crippen molar-refractivity contribution in [1.29, 1.82) is 0 Å². The molecule has 2 N–H and O–H groups in total. The zero-order valence-corrected chi connectivity index (χ0v) is 12.5. The second-order valence-electron chi connectivity index (χ2n) is 4.63. The summed E-state index contributed by atoms with van der Waals surface area (Å²) >= 11 is 0. The van der Waals surface area contributed by atoms with Gasteiger partial charge in [-0.3, -0.25) is 4.79 Å². The Morgan fingerprint density at radius 2 is 1.77 bits per heavy atom. The van der Waals surface area contributed by atoms with Crippen molar-refractivity contribution in [1.82, 2.24) is 0 Å². The van der Waals surface area contributed by atoms with Gasteiger partial charge in [0.2, 0.25) is 0 Å². The topological polar surface area (TPSA) is 75.6 Å². The molecule has 1 amide bonds. The third kappa shape index (κ3) is 2.37. The molecule has 3 rings (SSSR count). The van der Waals surface area contributed by atoms with Gasteiger partial charge in [0, 0.05) is 0 Å². The number of anilines is 1. The normalized spacial score (nSPS) is 17.5. The Bertz CT molecular complexity index is 796. The van der Waals surface area contributed by atoms with E-state index in [-0.39, 0.29) is 4.91 Å². The van der Waals surface area contributed by atoms with Crippen molar-refractivity contribution in [2.75, 3.05) is 12.4 Å². The summed E-state index contributed by atoms with van der Waals surface area (Å²) < 4.78 is 17.9. The van der Waals surface area contributed by atoms with Crippen LogP contribution in [0, 0.1) is 0 Å². The van der Waals surface area contributed by atoms with Gasteiger partial charge in [-0.1, -0.05) is 12.1 Å². The fourth-order valence-corrected chi connectivity index (χ4v) is 3.56. The maximum absolute atomic E-state index is 12.8. The van der Waals surface area contributed by atoms with E-state index in [1.54, 1.807) is 55.6 Å². The number of hydrogen-bond donors (Lipinski definition) is 2. The molecule has 1 aliphatic heterocycles. The summed E-state index contributed by atoms with van der Waals surface area (Å²) in [6.07, 6.45) is 0. The van der Waals surface area contributed by atoms with Crippen LogP contribution in [0.3, 0.4) is 0 Å². The summed E-state index contributed by atoms with van der Waals surface area (Å²) in [5, 5.41) is 12.7. The lowest BCUT2D eigenvalue weighted by Crippen LogP contribution is -2.14. The van der Waals surface area contributed by atoms with Crippen molar-refractivity contribution in [3.63, 3.8) is 0 Å². The minimum atomic E-state index is -1.68. The molecule has 112 valence electrons. The first kappa shape index (κ1) is 14.3. The van der Waals surface area contributed by atoms with Gasteiger partial charge in [0.15, 0.2) is 5.76 Å². The van der Waals surface area contributed by atoms with E-state index in [1.165, 1.54) is 0 Å². The lowest BCUT2D eigenvalue weighted by atomic mass is 10.2. The van der Waals surface area contributed by atoms with Gasteiger partial charge in [0.05, 0.1) is 33.4 Å². The molecule has 6 heteroatoms. The average molecular weight is 315 g/mol. The van der Waals surface area contributed by atoms with Gasteiger partial charge < -0.3 is 15.2 Å². The third-order valence-corrected chi connectivity index (χ3v) is 4.86. The SMILES string of the molecule is COc1ccc(C2=C(O)C(=O)Nc3ccccc3S2=O)cc1. The molecule has 0 fully saturated rings. The summed E-state index contributed by atoms with van der Waals surface area (Å²) in [6.45, 7) is 0. The van der Waals surface area contributed by atoms with Crippen LogP contribution >= 0.6 is 0 Å². The smallest absolute Gasteiger partial charge is 0.291 e. The number of aliphatic hydroxyl groups excluding tert-OH is 1. The first-order valence-electron chi connectivity index (χ1n) is 6.51. The van der Waals surface area contributed by atoms with E-state index in [9.17, 15) is 14.1 Å². The van der Waals surface area contributed by atoms with E-state index in [2.05, 4.69) is 5.32 Å². The van der Waals surface area contributed by atoms with E-state index in [0.717, 1.165) is 0 Å². The number of methoxy groups -OCH3 is 1. The Morgan fingerprint density at radius 3 is 2.45 bits per heavy atom. The molecule has 0 spiro atoms. The molecular formula is C16H13NO4S. The first-order chi connectivity index (χ1) is 10.6. The molecule has 1 atom stereocenters. The average Bonchev–Trinajstić information content (AvgIpc) is 2.64. The number of benzene rings is 2. The number of amides is 1. The van der Waals surface area contributed by atoms with Gasteiger partial charge >= 0.3 is 0 Å². The summed E-state index contributed by atoms with van der Waals surface area (Å²) in [5.41, 5.74) is 0.935. The van der Waals surface area contributed by atoms with Gasteiger partial charge in [0.25, 0.3) is 5.91 Å². The van der Waals surface area contributed by atoms with Crippen LogP contribution in [0.25, 0.3) is 4.91 Å². The molecule has 1 heterocycles. The van der Waals surface area contributed by atoms with Crippen LogP contribution < -0.4 is 10.1 Å². The van der Waals surface area contributed by atoms with Gasteiger partial charge in [-0.05, 0) is 42.0 Å². The van der Waals surface area contributed by atoms with Crippen molar-refractivity contribution < 1.29 is 18.8 Å². The Hall–Kier alpha value is -2.60. The summed E-state index contributed by atoms with van der Waals surface area (Å²) in [4.78, 5) is 12.6. The fourth-order valence-electron chi connectivity index (χ4n) is 2.20. The number of ether oxygens (including phenoxy) is 1. The predicted octanol–water partition coefficient (Wildman–Crippen LogP) is 2.68. The van der Waals surface area contributed by atoms with Crippen LogP contribution in [-0.4, -0.2) is 22.3 Å². The highest BCUT2D eigenvalue weighted by atomic mass is 32.2. The number of rotatable bonds is 2. The molecule has 0 aliphatic carbocycles. The van der Waals surface area contributed by atoms with Crippen molar-refractivity contribution in [2.24, 2.45) is 0 Å². The van der Waals surface area contributed by atoms with E-state index >= 15 is 0 Å². The number of hydrogen-bond acceptors (Lipinski definition) is 4. The molecule has 2 aromatic rings. The van der Waals surface area contributed by atoms with Gasteiger partial charge in [-0.2, -0.15) is 0 Å². The number of fused-ring (bicyclic) bond motifs is 1. The van der Waals surface area contributed by atoms with Crippen LogP contribution in [-0.2, 0) is 15.6 Å². The minimum Gasteiger partial charge on any atom is -0.502 e. The van der Waals surface area contributed by atoms with Crippen molar-refractivity contribution in [3.05, 3.63) is 59.9 Å². The molecule has 0 saturated heterocycles. The number of carbonyl (C=O) groups is 1. The molecule has 0 saturated carbocycles. The summed E-state index contributed by atoms with van der Waals surface area (Å²) in [7, 11) is -0.134. The van der Waals surface area contributed by atoms with Gasteiger partial charge in [0.1, 0.15) is 5.75 Å². The molecular weight excluding hydrogens is 302 g/mol. The van der Waals surface area contributed by atoms with E-state index in [0.29, 0.717) is 21.9 Å². The van der Waals surface area contributed by atoms with Crippen molar-refractivity contribution in [2.45, 2.75) is 4.90 Å². The van der Waals surface area contributed by atoms with E-state index < -0.39 is 22.5 Å². The Morgan fingerprint density at radius 1 is 1.09 bits per heavy atom. The Kier molecular flexibility index (Phi) is 3.68. The van der Waals surface area contributed by atoms with Crippen LogP contribution in [0.1, 0.15) is 5.56 Å². The lowest BCUT2D eigenvalue weighted by Gasteiger charge is -2.08. The molecule has 0 aromatic heterocycles. The molecule has 5 nitrogen and oxygen atoms in total. The second-order valence-corrected chi connectivity index (χ2v) is 6.01. The van der Waals surface area contributed by atoms with E-state index in [4.69, 9.17) is 4.74 Å². The standard InChI is InChI=1S/C16H13NO4S/c1-21-11-8-6-10(7-9-11)15-14(18)16(19)17-12-4-2-3-5-13(12)22(15)20/h2-9,18H,1H3,(H,17,19). The van der Waals surface area contributed by atoms with E-state index in [1.807, 2.05) is 0 Å². The molecule has 0 bridgehead atoms. The zero-order chi connectivity index (χ0) is 15.7. The molecule has 1 unspecified atom stereocenters. The maximum atomic E-state index is 12.8. The fraction of sp³-hybridized carbons (Fsp3) is 0.0625. The highest BCUT2D eigenvalue weighted by Gasteiger charge is 2.28. The van der Waals surface area contributed by atoms with Crippen LogP contribution in [0.15, 0.2) is 59.2 Å². The molecule has 22 heavy (non-hydrogen) atoms. The lowest BCUT2D eigenvalue weighted by molar-refractivity contribution is -0.115. The Balaban J connectivity index is 2.17. The Labute approximate surface area is 129 Å². The largest absolute Gasteiger partial charge is 0.502 e. The zero-order valence-electron chi connectivity index (χ0n) is 11.7. The highest BCUT2D eigenvalue weighted by molar-refractivity contribution is 7.94. The second kappa shape index (κ2) is 5.65. The van der Waals surface area contributed by atoms with Crippen LogP contribution in [0.4, 0.5) is 5.69 Å². The summed E-state index contributed by atoms with van der Waals surface area (Å²) in [6, 6.07) is 13.4. The third-order valence-electron chi connectivity index (χ3n) is 3.30. The van der Waals surface area contributed by atoms with Gasteiger partial charge in [-0.15, -0.1) is 0 Å². The predicted molar refractivity (Wildman–Crippen MR) is 84.0 cm³/mol. The first-order valence-corrected chi connectivity index (χ1v) is 7.66. The molecule has 1 aliphatic rings.